The highest BCUT2D eigenvalue weighted by Crippen LogP contribution is 2.30. The summed E-state index contributed by atoms with van der Waals surface area (Å²) >= 11 is 19.1. The maximum absolute atomic E-state index is 12.5. The van der Waals surface area contributed by atoms with Gasteiger partial charge in [-0.15, -0.1) is 11.8 Å². The van der Waals surface area contributed by atoms with Gasteiger partial charge in [-0.3, -0.25) is 4.79 Å². The summed E-state index contributed by atoms with van der Waals surface area (Å²) in [7, 11) is 0. The number of thioether (sulfide) groups is 1. The van der Waals surface area contributed by atoms with Gasteiger partial charge in [0.2, 0.25) is 0 Å². The van der Waals surface area contributed by atoms with E-state index in [2.05, 4.69) is 0 Å². The molecule has 2 aromatic rings. The molecule has 2 aromatic carbocycles. The molecule has 0 radical (unpaired) electrons. The predicted octanol–water partition coefficient (Wildman–Crippen LogP) is 6.08. The summed E-state index contributed by atoms with van der Waals surface area (Å²) in [6, 6.07) is 19.7. The summed E-state index contributed by atoms with van der Waals surface area (Å²) < 4.78 is -1.99. The van der Waals surface area contributed by atoms with Gasteiger partial charge in [-0.25, -0.2) is 0 Å². The molecule has 0 saturated carbocycles. The number of hydrogen-bond donors (Lipinski definition) is 0. The van der Waals surface area contributed by atoms with Crippen molar-refractivity contribution in [3.05, 3.63) is 78.0 Å². The van der Waals surface area contributed by atoms with E-state index >= 15 is 0 Å². The van der Waals surface area contributed by atoms with Crippen molar-refractivity contribution in [3.63, 3.8) is 0 Å². The Hall–Kier alpha value is -1.13. The van der Waals surface area contributed by atoms with Crippen LogP contribution < -0.4 is 0 Å². The summed E-state index contributed by atoms with van der Waals surface area (Å²) in [6.07, 6.45) is 1.76. The molecule has 1 amide bonds. The minimum atomic E-state index is -1.99. The molecule has 0 aliphatic rings. The first kappa shape index (κ1) is 20.2. The van der Waals surface area contributed by atoms with Crippen molar-refractivity contribution in [1.82, 2.24) is 4.90 Å². The van der Waals surface area contributed by atoms with Crippen LogP contribution in [0.25, 0.3) is 0 Å². The first-order valence-corrected chi connectivity index (χ1v) is 9.75. The zero-order valence-electron chi connectivity index (χ0n) is 13.7. The molecule has 0 unspecified atom stereocenters. The van der Waals surface area contributed by atoms with Gasteiger partial charge >= 0.3 is 0 Å². The Morgan fingerprint density at radius 2 is 1.60 bits per heavy atom. The maximum Gasteiger partial charge on any atom is 0.278 e. The first-order chi connectivity index (χ1) is 11.9. The highest BCUT2D eigenvalue weighted by Gasteiger charge is 2.34. The molecule has 0 saturated heterocycles. The lowest BCUT2D eigenvalue weighted by atomic mass is 10.2. The molecule has 0 aliphatic heterocycles. The van der Waals surface area contributed by atoms with Gasteiger partial charge in [0.05, 0.1) is 6.54 Å². The molecule has 0 spiro atoms. The molecule has 0 heterocycles. The van der Waals surface area contributed by atoms with Gasteiger partial charge in [-0.05, 0) is 30.2 Å². The molecule has 0 bridgehead atoms. The molecule has 6 heteroatoms. The monoisotopic (exact) mass is 413 g/mol. The largest absolute Gasteiger partial charge is 0.311 e. The van der Waals surface area contributed by atoms with E-state index in [0.29, 0.717) is 6.54 Å². The Kier molecular flexibility index (Phi) is 7.70. The summed E-state index contributed by atoms with van der Waals surface area (Å²) in [5.41, 5.74) is 1.97. The van der Waals surface area contributed by atoms with E-state index in [1.54, 1.807) is 18.0 Å². The molecule has 0 aliphatic carbocycles. The van der Waals surface area contributed by atoms with Gasteiger partial charge in [0.15, 0.2) is 0 Å². The summed E-state index contributed by atoms with van der Waals surface area (Å²) in [6.45, 7) is 2.31. The van der Waals surface area contributed by atoms with Crippen molar-refractivity contribution < 1.29 is 4.79 Å². The second-order valence-corrected chi connectivity index (χ2v) is 8.82. The van der Waals surface area contributed by atoms with Crippen LogP contribution >= 0.6 is 46.6 Å². The SMILES string of the molecule is C/C(=C/N(Cc1ccccc1)C(=O)C(Cl)(Cl)Cl)CSc1ccccc1. The van der Waals surface area contributed by atoms with Gasteiger partial charge in [-0.1, -0.05) is 83.3 Å². The molecule has 2 nitrogen and oxygen atoms in total. The fourth-order valence-corrected chi connectivity index (χ4v) is 3.28. The number of amides is 1. The van der Waals surface area contributed by atoms with Gasteiger partial charge < -0.3 is 4.90 Å². The lowest BCUT2D eigenvalue weighted by molar-refractivity contribution is -0.128. The van der Waals surface area contributed by atoms with E-state index in [-0.39, 0.29) is 0 Å². The number of hydrogen-bond acceptors (Lipinski definition) is 2. The highest BCUT2D eigenvalue weighted by molar-refractivity contribution is 7.99. The van der Waals surface area contributed by atoms with Gasteiger partial charge in [0, 0.05) is 16.8 Å². The van der Waals surface area contributed by atoms with E-state index in [1.807, 2.05) is 67.6 Å². The summed E-state index contributed by atoms with van der Waals surface area (Å²) in [5, 5.41) is 0. The number of halogens is 3. The lowest BCUT2D eigenvalue weighted by Gasteiger charge is -2.23. The van der Waals surface area contributed by atoms with Gasteiger partial charge in [0.1, 0.15) is 0 Å². The minimum absolute atomic E-state index is 0.348. The fourth-order valence-electron chi connectivity index (χ4n) is 2.14. The number of carbonyl (C=O) groups is 1. The van der Waals surface area contributed by atoms with Crippen molar-refractivity contribution in [2.75, 3.05) is 5.75 Å². The van der Waals surface area contributed by atoms with Crippen molar-refractivity contribution in [3.8, 4) is 0 Å². The molecule has 2 rings (SSSR count). The van der Waals surface area contributed by atoms with Gasteiger partial charge in [0.25, 0.3) is 9.70 Å². The van der Waals surface area contributed by atoms with Crippen molar-refractivity contribution in [2.24, 2.45) is 0 Å². The smallest absolute Gasteiger partial charge is 0.278 e. The third kappa shape index (κ3) is 6.95. The van der Waals surface area contributed by atoms with Crippen LogP contribution in [0.15, 0.2) is 77.3 Å². The van der Waals surface area contributed by atoms with Crippen LogP contribution in [0.4, 0.5) is 0 Å². The van der Waals surface area contributed by atoms with Crippen LogP contribution in [-0.2, 0) is 11.3 Å². The molecule has 0 N–H and O–H groups in total. The van der Waals surface area contributed by atoms with Gasteiger partial charge in [-0.2, -0.15) is 0 Å². The topological polar surface area (TPSA) is 20.3 Å². The Bertz CT molecular complexity index is 714. The zero-order chi connectivity index (χ0) is 18.3. The minimum Gasteiger partial charge on any atom is -0.311 e. The fraction of sp³-hybridized carbons (Fsp3) is 0.211. The Morgan fingerprint density at radius 1 is 1.04 bits per heavy atom. The van der Waals surface area contributed by atoms with Crippen molar-refractivity contribution in [1.29, 1.82) is 0 Å². The van der Waals surface area contributed by atoms with Crippen LogP contribution in [0.2, 0.25) is 0 Å². The Balaban J connectivity index is 2.12. The standard InChI is InChI=1S/C19H18Cl3NOS/c1-15(14-25-17-10-6-3-7-11-17)12-23(18(24)19(20,21)22)13-16-8-4-2-5-9-16/h2-12H,13-14H2,1H3/b15-12-. The van der Waals surface area contributed by atoms with Crippen LogP contribution in [0.5, 0.6) is 0 Å². The molecule has 0 atom stereocenters. The van der Waals surface area contributed by atoms with Crippen LogP contribution in [0.1, 0.15) is 12.5 Å². The van der Waals surface area contributed by atoms with E-state index in [9.17, 15) is 4.79 Å². The van der Waals surface area contributed by atoms with Crippen molar-refractivity contribution in [2.45, 2.75) is 22.2 Å². The molecule has 132 valence electrons. The number of alkyl halides is 3. The zero-order valence-corrected chi connectivity index (χ0v) is 16.7. The van der Waals surface area contributed by atoms with Crippen LogP contribution in [-0.4, -0.2) is 20.4 Å². The molecular weight excluding hydrogens is 397 g/mol. The number of rotatable bonds is 6. The normalized spacial score (nSPS) is 12.1. The Morgan fingerprint density at radius 3 is 2.16 bits per heavy atom. The van der Waals surface area contributed by atoms with Crippen molar-refractivity contribution >= 4 is 52.5 Å². The molecule has 0 aromatic heterocycles. The average molecular weight is 415 g/mol. The van der Waals surface area contributed by atoms with E-state index in [1.165, 1.54) is 4.90 Å². The summed E-state index contributed by atoms with van der Waals surface area (Å²) in [5.74, 6) is 0.174. The summed E-state index contributed by atoms with van der Waals surface area (Å²) in [4.78, 5) is 15.1. The highest BCUT2D eigenvalue weighted by atomic mass is 35.6. The maximum atomic E-state index is 12.5. The van der Waals surface area contributed by atoms with Crippen LogP contribution in [0.3, 0.4) is 0 Å². The predicted molar refractivity (Wildman–Crippen MR) is 108 cm³/mol. The molecule has 0 fully saturated rings. The second-order valence-electron chi connectivity index (χ2n) is 5.49. The lowest BCUT2D eigenvalue weighted by Crippen LogP contribution is -2.35. The second kappa shape index (κ2) is 9.54. The quantitative estimate of drug-likeness (QED) is 0.421. The molecular formula is C19H18Cl3NOS. The third-order valence-electron chi connectivity index (χ3n) is 3.29. The third-order valence-corrected chi connectivity index (χ3v) is 4.98. The number of carbonyl (C=O) groups excluding carboxylic acids is 1. The van der Waals surface area contributed by atoms with Crippen LogP contribution in [0, 0.1) is 0 Å². The number of nitrogens with zero attached hydrogens (tertiary/aromatic N) is 1. The number of benzene rings is 2. The van der Waals surface area contributed by atoms with E-state index in [4.69, 9.17) is 34.8 Å². The first-order valence-electron chi connectivity index (χ1n) is 7.63. The van der Waals surface area contributed by atoms with E-state index < -0.39 is 9.70 Å². The van der Waals surface area contributed by atoms with E-state index in [0.717, 1.165) is 21.8 Å². The molecule has 25 heavy (non-hydrogen) atoms. The average Bonchev–Trinajstić information content (AvgIpc) is 2.60. The Labute approximate surface area is 167 Å².